The van der Waals surface area contributed by atoms with E-state index in [0.717, 1.165) is 11.3 Å². The molecular formula is C20H26ClN3O3S. The summed E-state index contributed by atoms with van der Waals surface area (Å²) in [6.45, 7) is 1.92. The fourth-order valence-corrected chi connectivity index (χ4v) is 3.05. The third-order valence-corrected chi connectivity index (χ3v) is 4.65. The Morgan fingerprint density at radius 2 is 1.96 bits per heavy atom. The summed E-state index contributed by atoms with van der Waals surface area (Å²) < 4.78 is 5.12. The van der Waals surface area contributed by atoms with E-state index in [1.807, 2.05) is 25.3 Å². The molecule has 0 fully saturated rings. The van der Waals surface area contributed by atoms with Gasteiger partial charge in [0.1, 0.15) is 11.8 Å². The maximum atomic E-state index is 12.7. The van der Waals surface area contributed by atoms with E-state index in [1.54, 1.807) is 42.1 Å². The number of hydrogen-bond acceptors (Lipinski definition) is 5. The monoisotopic (exact) mass is 423 g/mol. The minimum Gasteiger partial charge on any atom is -0.495 e. The fraction of sp³-hybridized carbons (Fsp3) is 0.300. The first-order valence-electron chi connectivity index (χ1n) is 8.55. The van der Waals surface area contributed by atoms with Crippen molar-refractivity contribution < 1.29 is 14.3 Å². The van der Waals surface area contributed by atoms with Crippen molar-refractivity contribution in [1.29, 1.82) is 0 Å². The topological polar surface area (TPSA) is 93.5 Å². The summed E-state index contributed by atoms with van der Waals surface area (Å²) >= 11 is 1.62. The van der Waals surface area contributed by atoms with Crippen molar-refractivity contribution in [2.75, 3.05) is 30.2 Å². The van der Waals surface area contributed by atoms with Gasteiger partial charge in [0.2, 0.25) is 5.91 Å². The van der Waals surface area contributed by atoms with Gasteiger partial charge in [0, 0.05) is 11.3 Å². The number of carbonyl (C=O) groups is 2. The number of halogens is 1. The van der Waals surface area contributed by atoms with Gasteiger partial charge in [-0.25, -0.2) is 0 Å². The van der Waals surface area contributed by atoms with Crippen LogP contribution in [0.5, 0.6) is 5.75 Å². The highest BCUT2D eigenvalue weighted by molar-refractivity contribution is 7.98. The smallest absolute Gasteiger partial charge is 0.251 e. The van der Waals surface area contributed by atoms with Gasteiger partial charge in [0.15, 0.2) is 0 Å². The molecule has 6 nitrogen and oxygen atoms in total. The first-order valence-corrected chi connectivity index (χ1v) is 9.95. The van der Waals surface area contributed by atoms with Gasteiger partial charge in [0.25, 0.3) is 5.91 Å². The lowest BCUT2D eigenvalue weighted by molar-refractivity contribution is -0.118. The van der Waals surface area contributed by atoms with Crippen LogP contribution in [0.1, 0.15) is 22.3 Å². The number of nitrogens with one attached hydrogen (secondary N) is 2. The Hall–Kier alpha value is -2.38. The summed E-state index contributed by atoms with van der Waals surface area (Å²) in [7, 11) is 1.53. The second-order valence-electron chi connectivity index (χ2n) is 6.12. The van der Waals surface area contributed by atoms with Crippen molar-refractivity contribution in [2.24, 2.45) is 0 Å². The normalized spacial score (nSPS) is 11.1. The Kier molecular flexibility index (Phi) is 9.68. The van der Waals surface area contributed by atoms with Crippen molar-refractivity contribution in [3.05, 3.63) is 53.6 Å². The zero-order chi connectivity index (χ0) is 19.8. The number of carbonyl (C=O) groups excluding carboxylic acids is 2. The second kappa shape index (κ2) is 11.5. The van der Waals surface area contributed by atoms with Crippen molar-refractivity contribution in [1.82, 2.24) is 5.32 Å². The summed E-state index contributed by atoms with van der Waals surface area (Å²) in [6.07, 6.45) is 2.48. The Morgan fingerprint density at radius 1 is 1.21 bits per heavy atom. The number of methoxy groups -OCH3 is 1. The number of thioether (sulfide) groups is 1. The van der Waals surface area contributed by atoms with Gasteiger partial charge < -0.3 is 21.1 Å². The third kappa shape index (κ3) is 6.65. The molecule has 0 bridgehead atoms. The molecule has 4 N–H and O–H groups in total. The molecule has 2 rings (SSSR count). The number of nitrogen functional groups attached to an aromatic ring is 1. The van der Waals surface area contributed by atoms with Gasteiger partial charge in [0.05, 0.1) is 12.8 Å². The average molecular weight is 424 g/mol. The van der Waals surface area contributed by atoms with Crippen LogP contribution in [0, 0.1) is 6.92 Å². The molecule has 0 aliphatic rings. The lowest BCUT2D eigenvalue weighted by Gasteiger charge is -2.19. The molecule has 28 heavy (non-hydrogen) atoms. The van der Waals surface area contributed by atoms with Crippen LogP contribution in [0.15, 0.2) is 42.5 Å². The van der Waals surface area contributed by atoms with Crippen LogP contribution in [0.25, 0.3) is 0 Å². The molecule has 0 saturated carbocycles. The van der Waals surface area contributed by atoms with Crippen LogP contribution in [-0.2, 0) is 4.79 Å². The van der Waals surface area contributed by atoms with E-state index in [4.69, 9.17) is 10.5 Å². The Bertz CT molecular complexity index is 817. The fourth-order valence-electron chi connectivity index (χ4n) is 2.57. The molecule has 2 aromatic rings. The molecule has 0 aliphatic carbocycles. The molecule has 0 radical (unpaired) electrons. The minimum absolute atomic E-state index is 0. The van der Waals surface area contributed by atoms with E-state index in [-0.39, 0.29) is 24.2 Å². The van der Waals surface area contributed by atoms with E-state index in [0.29, 0.717) is 29.1 Å². The van der Waals surface area contributed by atoms with Gasteiger partial charge in [-0.3, -0.25) is 9.59 Å². The SMILES string of the molecule is COc1ccc(NC(=O)C(CCSC)NC(=O)c2cccc(C)c2)cc1N.Cl. The highest BCUT2D eigenvalue weighted by Crippen LogP contribution is 2.24. The van der Waals surface area contributed by atoms with Gasteiger partial charge in [-0.15, -0.1) is 12.4 Å². The highest BCUT2D eigenvalue weighted by Gasteiger charge is 2.21. The first-order chi connectivity index (χ1) is 12.9. The number of rotatable bonds is 8. The first kappa shape index (κ1) is 23.7. The molecule has 0 aromatic heterocycles. The summed E-state index contributed by atoms with van der Waals surface area (Å²) in [5, 5.41) is 5.65. The van der Waals surface area contributed by atoms with E-state index in [9.17, 15) is 9.59 Å². The third-order valence-electron chi connectivity index (χ3n) is 4.01. The molecule has 0 aliphatic heterocycles. The minimum atomic E-state index is -0.645. The second-order valence-corrected chi connectivity index (χ2v) is 7.11. The number of aryl methyl sites for hydroxylation is 1. The Morgan fingerprint density at radius 3 is 2.57 bits per heavy atom. The standard InChI is InChI=1S/C20H25N3O3S.ClH/c1-13-5-4-6-14(11-13)19(24)23-17(9-10-27-3)20(25)22-15-7-8-18(26-2)16(21)12-15;/h4-8,11-12,17H,9-10,21H2,1-3H3,(H,22,25)(H,23,24);1H. The number of benzene rings is 2. The predicted molar refractivity (Wildman–Crippen MR) is 119 cm³/mol. The Labute approximate surface area is 176 Å². The molecule has 0 spiro atoms. The maximum Gasteiger partial charge on any atom is 0.251 e. The van der Waals surface area contributed by atoms with Crippen LogP contribution >= 0.6 is 24.2 Å². The predicted octanol–water partition coefficient (Wildman–Crippen LogP) is 3.50. The molecule has 2 aromatic carbocycles. The van der Waals surface area contributed by atoms with Gasteiger partial charge in [-0.1, -0.05) is 17.7 Å². The van der Waals surface area contributed by atoms with E-state index in [2.05, 4.69) is 10.6 Å². The van der Waals surface area contributed by atoms with Crippen molar-refractivity contribution in [3.8, 4) is 5.75 Å². The van der Waals surface area contributed by atoms with E-state index >= 15 is 0 Å². The largest absolute Gasteiger partial charge is 0.495 e. The average Bonchev–Trinajstić information content (AvgIpc) is 2.65. The molecule has 0 heterocycles. The summed E-state index contributed by atoms with van der Waals surface area (Å²) in [5.74, 6) is 0.736. The molecular weight excluding hydrogens is 398 g/mol. The number of anilines is 2. The molecule has 152 valence electrons. The number of amides is 2. The van der Waals surface area contributed by atoms with Crippen LogP contribution in [0.2, 0.25) is 0 Å². The van der Waals surface area contributed by atoms with Gasteiger partial charge >= 0.3 is 0 Å². The molecule has 8 heteroatoms. The summed E-state index contributed by atoms with van der Waals surface area (Å²) in [6, 6.07) is 11.6. The van der Waals surface area contributed by atoms with E-state index < -0.39 is 6.04 Å². The van der Waals surface area contributed by atoms with Crippen molar-refractivity contribution in [2.45, 2.75) is 19.4 Å². The van der Waals surface area contributed by atoms with Crippen LogP contribution in [-0.4, -0.2) is 37.0 Å². The quantitative estimate of drug-likeness (QED) is 0.565. The summed E-state index contributed by atoms with van der Waals surface area (Å²) in [4.78, 5) is 25.2. The lowest BCUT2D eigenvalue weighted by Crippen LogP contribution is -2.44. The molecule has 1 atom stereocenters. The van der Waals surface area contributed by atoms with Crippen LogP contribution in [0.3, 0.4) is 0 Å². The zero-order valence-electron chi connectivity index (χ0n) is 16.2. The number of hydrogen-bond donors (Lipinski definition) is 3. The lowest BCUT2D eigenvalue weighted by atomic mass is 10.1. The van der Waals surface area contributed by atoms with Gasteiger partial charge in [-0.2, -0.15) is 11.8 Å². The van der Waals surface area contributed by atoms with E-state index in [1.165, 1.54) is 7.11 Å². The van der Waals surface area contributed by atoms with Crippen LogP contribution in [0.4, 0.5) is 11.4 Å². The molecule has 2 amide bonds. The van der Waals surface area contributed by atoms with Crippen LogP contribution < -0.4 is 21.1 Å². The maximum absolute atomic E-state index is 12.7. The van der Waals surface area contributed by atoms with Crippen molar-refractivity contribution in [3.63, 3.8) is 0 Å². The van der Waals surface area contributed by atoms with Crippen molar-refractivity contribution >= 4 is 47.4 Å². The zero-order valence-corrected chi connectivity index (χ0v) is 17.8. The van der Waals surface area contributed by atoms with Gasteiger partial charge in [-0.05, 0) is 55.7 Å². The number of ether oxygens (including phenoxy) is 1. The Balaban J connectivity index is 0.00000392. The number of nitrogens with two attached hydrogens (primary N) is 1. The molecule has 1 unspecified atom stereocenters. The highest BCUT2D eigenvalue weighted by atomic mass is 35.5. The summed E-state index contributed by atoms with van der Waals surface area (Å²) in [5.41, 5.74) is 8.39. The molecule has 0 saturated heterocycles.